The molecule has 0 spiro atoms. The first-order chi connectivity index (χ1) is 15.0. The Morgan fingerprint density at radius 2 is 1.72 bits per heavy atom. The highest BCUT2D eigenvalue weighted by molar-refractivity contribution is 5.92. The number of benzene rings is 1. The van der Waals surface area contributed by atoms with Crippen molar-refractivity contribution >= 4 is 23.9 Å². The summed E-state index contributed by atoms with van der Waals surface area (Å²) in [6.07, 6.45) is 1.55. The number of aryl methyl sites for hydroxylation is 1. The summed E-state index contributed by atoms with van der Waals surface area (Å²) < 4.78 is 9.72. The minimum absolute atomic E-state index is 0.0423. The number of hydrogen-bond donors (Lipinski definition) is 2. The zero-order valence-electron chi connectivity index (χ0n) is 19.4. The van der Waals surface area contributed by atoms with Gasteiger partial charge in [-0.2, -0.15) is 0 Å². The van der Waals surface area contributed by atoms with Gasteiger partial charge in [0.2, 0.25) is 11.8 Å². The molecule has 0 heterocycles. The molecule has 176 valence electrons. The highest BCUT2D eigenvalue weighted by Gasteiger charge is 2.31. The minimum atomic E-state index is -1.04. The number of ether oxygens (including phenoxy) is 2. The number of nitrogens with one attached hydrogen (secondary N) is 2. The van der Waals surface area contributed by atoms with Crippen molar-refractivity contribution in [3.8, 4) is 0 Å². The monoisotopic (exact) mass is 447 g/mol. The molecule has 9 heteroatoms. The van der Waals surface area contributed by atoms with Gasteiger partial charge in [-0.1, -0.05) is 37.3 Å². The van der Waals surface area contributed by atoms with E-state index in [0.717, 1.165) is 12.0 Å². The molecule has 2 N–H and O–H groups in total. The van der Waals surface area contributed by atoms with E-state index in [1.54, 1.807) is 32.9 Å². The Bertz CT molecular complexity index is 814. The van der Waals surface area contributed by atoms with Crippen LogP contribution in [0.3, 0.4) is 0 Å². The molecule has 32 heavy (non-hydrogen) atoms. The van der Waals surface area contributed by atoms with Crippen LogP contribution in [0.15, 0.2) is 36.9 Å². The third-order valence-electron chi connectivity index (χ3n) is 4.33. The van der Waals surface area contributed by atoms with Gasteiger partial charge in [0.15, 0.2) is 0 Å². The predicted octanol–water partition coefficient (Wildman–Crippen LogP) is 2.12. The van der Waals surface area contributed by atoms with Crippen LogP contribution in [0.2, 0.25) is 0 Å². The second kappa shape index (κ2) is 12.5. The van der Waals surface area contributed by atoms with Crippen LogP contribution in [-0.2, 0) is 30.3 Å². The average molecular weight is 448 g/mol. The van der Waals surface area contributed by atoms with Gasteiger partial charge < -0.3 is 25.0 Å². The Morgan fingerprint density at radius 3 is 2.22 bits per heavy atom. The standard InChI is InChI=1S/C23H33N3O6/c1-7-13-26(18(27)14-25-22(30)32-23(3,4)5)20(21(29)24-15-19(28)31-6)17-11-9-16(8-2)10-12-17/h7,9-12,20H,1,8,13-15H2,2-6H3,(H,24,29)(H,25,30). The van der Waals surface area contributed by atoms with Crippen molar-refractivity contribution in [2.45, 2.75) is 45.8 Å². The molecule has 3 amide bonds. The number of hydrogen-bond acceptors (Lipinski definition) is 6. The van der Waals surface area contributed by atoms with E-state index in [-0.39, 0.29) is 19.6 Å². The average Bonchev–Trinajstić information content (AvgIpc) is 2.74. The van der Waals surface area contributed by atoms with Gasteiger partial charge in [-0.15, -0.1) is 6.58 Å². The maximum Gasteiger partial charge on any atom is 0.408 e. The number of carbonyl (C=O) groups is 4. The molecule has 0 aromatic heterocycles. The van der Waals surface area contributed by atoms with Crippen LogP contribution >= 0.6 is 0 Å². The molecule has 0 radical (unpaired) electrons. The van der Waals surface area contributed by atoms with Crippen molar-refractivity contribution in [1.82, 2.24) is 15.5 Å². The largest absolute Gasteiger partial charge is 0.468 e. The maximum atomic E-state index is 13.0. The fourth-order valence-electron chi connectivity index (χ4n) is 2.79. The van der Waals surface area contributed by atoms with Crippen LogP contribution in [0.1, 0.15) is 44.9 Å². The van der Waals surface area contributed by atoms with Gasteiger partial charge in [0, 0.05) is 6.54 Å². The number of nitrogens with zero attached hydrogens (tertiary/aromatic N) is 1. The fraction of sp³-hybridized carbons (Fsp3) is 0.478. The van der Waals surface area contributed by atoms with Crippen LogP contribution in [0.5, 0.6) is 0 Å². The van der Waals surface area contributed by atoms with E-state index in [4.69, 9.17) is 4.74 Å². The van der Waals surface area contributed by atoms with Crippen molar-refractivity contribution in [3.63, 3.8) is 0 Å². The highest BCUT2D eigenvalue weighted by Crippen LogP contribution is 2.22. The maximum absolute atomic E-state index is 13.0. The Hall–Kier alpha value is -3.36. The lowest BCUT2D eigenvalue weighted by atomic mass is 10.0. The number of rotatable bonds is 10. The summed E-state index contributed by atoms with van der Waals surface area (Å²) in [6, 6.07) is 6.20. The van der Waals surface area contributed by atoms with E-state index in [1.807, 2.05) is 19.1 Å². The molecule has 1 atom stereocenters. The molecule has 1 aromatic carbocycles. The van der Waals surface area contributed by atoms with Crippen molar-refractivity contribution in [2.75, 3.05) is 26.7 Å². The van der Waals surface area contributed by atoms with Crippen molar-refractivity contribution < 1.29 is 28.7 Å². The molecule has 1 aromatic rings. The number of methoxy groups -OCH3 is 1. The third kappa shape index (κ3) is 8.79. The molecule has 1 rings (SSSR count). The second-order valence-electron chi connectivity index (χ2n) is 7.98. The number of alkyl carbamates (subject to hydrolysis) is 1. The van der Waals surface area contributed by atoms with Crippen molar-refractivity contribution in [3.05, 3.63) is 48.0 Å². The molecule has 0 bridgehead atoms. The Balaban J connectivity index is 3.14. The van der Waals surface area contributed by atoms with Crippen LogP contribution in [0.25, 0.3) is 0 Å². The van der Waals surface area contributed by atoms with Crippen LogP contribution in [0, 0.1) is 0 Å². The molecule has 0 saturated heterocycles. The molecule has 0 saturated carbocycles. The summed E-state index contributed by atoms with van der Waals surface area (Å²) in [6.45, 7) is 10.1. The molecule has 0 aliphatic heterocycles. The molecule has 0 aliphatic carbocycles. The first-order valence-corrected chi connectivity index (χ1v) is 10.3. The minimum Gasteiger partial charge on any atom is -0.468 e. The van der Waals surface area contributed by atoms with E-state index in [9.17, 15) is 19.2 Å². The van der Waals surface area contributed by atoms with E-state index < -0.39 is 35.5 Å². The number of amides is 3. The molecule has 0 fully saturated rings. The smallest absolute Gasteiger partial charge is 0.408 e. The van der Waals surface area contributed by atoms with E-state index in [1.165, 1.54) is 18.1 Å². The van der Waals surface area contributed by atoms with Crippen molar-refractivity contribution in [2.24, 2.45) is 0 Å². The zero-order valence-corrected chi connectivity index (χ0v) is 19.4. The Morgan fingerprint density at radius 1 is 1.09 bits per heavy atom. The summed E-state index contributed by atoms with van der Waals surface area (Å²) in [5.74, 6) is -1.70. The van der Waals surface area contributed by atoms with Crippen LogP contribution < -0.4 is 10.6 Å². The summed E-state index contributed by atoms with van der Waals surface area (Å²) in [5.41, 5.74) is 0.901. The highest BCUT2D eigenvalue weighted by atomic mass is 16.6. The van der Waals surface area contributed by atoms with Crippen LogP contribution in [-0.4, -0.2) is 61.1 Å². The van der Waals surface area contributed by atoms with Gasteiger partial charge in [0.25, 0.3) is 0 Å². The first kappa shape index (κ1) is 26.7. The van der Waals surface area contributed by atoms with Gasteiger partial charge in [0.1, 0.15) is 24.7 Å². The summed E-state index contributed by atoms with van der Waals surface area (Å²) >= 11 is 0. The lowest BCUT2D eigenvalue weighted by molar-refractivity contribution is -0.143. The van der Waals surface area contributed by atoms with Crippen LogP contribution in [0.4, 0.5) is 4.79 Å². The molecule has 9 nitrogen and oxygen atoms in total. The normalized spacial score (nSPS) is 11.7. The van der Waals surface area contributed by atoms with Gasteiger partial charge in [0.05, 0.1) is 7.11 Å². The first-order valence-electron chi connectivity index (χ1n) is 10.3. The van der Waals surface area contributed by atoms with Gasteiger partial charge >= 0.3 is 12.1 Å². The number of esters is 1. The zero-order chi connectivity index (χ0) is 24.3. The Kier molecular flexibility index (Phi) is 10.4. The van der Waals surface area contributed by atoms with Crippen molar-refractivity contribution in [1.29, 1.82) is 0 Å². The van der Waals surface area contributed by atoms with Gasteiger partial charge in [-0.25, -0.2) is 4.79 Å². The quantitative estimate of drug-likeness (QED) is 0.420. The van der Waals surface area contributed by atoms with E-state index in [0.29, 0.717) is 5.56 Å². The van der Waals surface area contributed by atoms with Gasteiger partial charge in [-0.3, -0.25) is 14.4 Å². The lowest BCUT2D eigenvalue weighted by Gasteiger charge is -2.31. The predicted molar refractivity (Wildman–Crippen MR) is 120 cm³/mol. The second-order valence-corrected chi connectivity index (χ2v) is 7.98. The molecular formula is C23H33N3O6. The Labute approximate surface area is 189 Å². The molecule has 0 aliphatic rings. The third-order valence-corrected chi connectivity index (χ3v) is 4.33. The summed E-state index contributed by atoms with van der Waals surface area (Å²) in [4.78, 5) is 50.7. The summed E-state index contributed by atoms with van der Waals surface area (Å²) in [7, 11) is 1.21. The SMILES string of the molecule is C=CCN(C(=O)CNC(=O)OC(C)(C)C)C(C(=O)NCC(=O)OC)c1ccc(CC)cc1. The topological polar surface area (TPSA) is 114 Å². The van der Waals surface area contributed by atoms with E-state index in [2.05, 4.69) is 21.9 Å². The lowest BCUT2D eigenvalue weighted by Crippen LogP contribution is -2.48. The molecular weight excluding hydrogens is 414 g/mol. The number of carbonyl (C=O) groups excluding carboxylic acids is 4. The summed E-state index contributed by atoms with van der Waals surface area (Å²) in [5, 5.41) is 4.90. The molecule has 1 unspecified atom stereocenters. The fourth-order valence-corrected chi connectivity index (χ4v) is 2.79. The van der Waals surface area contributed by atoms with Gasteiger partial charge in [-0.05, 0) is 38.3 Å². The van der Waals surface area contributed by atoms with E-state index >= 15 is 0 Å².